The van der Waals surface area contributed by atoms with Crippen molar-refractivity contribution in [3.63, 3.8) is 0 Å². The third kappa shape index (κ3) is 2.45. The Labute approximate surface area is 105 Å². The summed E-state index contributed by atoms with van der Waals surface area (Å²) < 4.78 is 31.5. The fourth-order valence-electron chi connectivity index (χ4n) is 1.51. The zero-order valence-corrected chi connectivity index (χ0v) is 10.8. The average molecular weight is 267 g/mol. The third-order valence-electron chi connectivity index (χ3n) is 2.31. The van der Waals surface area contributed by atoms with E-state index in [1.165, 1.54) is 12.1 Å². The second-order valence-corrected chi connectivity index (χ2v) is 5.34. The summed E-state index contributed by atoms with van der Waals surface area (Å²) in [5, 5.41) is 6.45. The van der Waals surface area contributed by atoms with Crippen molar-refractivity contribution in [2.75, 3.05) is 17.1 Å². The molecule has 0 saturated carbocycles. The van der Waals surface area contributed by atoms with Gasteiger partial charge in [-0.1, -0.05) is 17.3 Å². The quantitative estimate of drug-likeness (QED) is 0.882. The predicted molar refractivity (Wildman–Crippen MR) is 68.0 cm³/mol. The highest BCUT2D eigenvalue weighted by Crippen LogP contribution is 2.23. The number of benzene rings is 1. The normalized spacial score (nSPS) is 11.2. The lowest BCUT2D eigenvalue weighted by Crippen LogP contribution is -2.14. The molecule has 7 heteroatoms. The van der Waals surface area contributed by atoms with Crippen LogP contribution in [0.1, 0.15) is 5.69 Å². The van der Waals surface area contributed by atoms with E-state index in [9.17, 15) is 8.42 Å². The van der Waals surface area contributed by atoms with Crippen molar-refractivity contribution in [3.8, 4) is 0 Å². The molecule has 0 saturated heterocycles. The molecule has 0 aliphatic carbocycles. The lowest BCUT2D eigenvalue weighted by molar-refractivity contribution is 0.430. The largest absolute Gasteiger partial charge is 0.387 e. The molecule has 0 spiro atoms. The number of para-hydroxylation sites is 1. The highest BCUT2D eigenvalue weighted by Gasteiger charge is 2.19. The summed E-state index contributed by atoms with van der Waals surface area (Å²) in [5.74, 6) is 0.0957. The Morgan fingerprint density at radius 3 is 2.61 bits per heavy atom. The van der Waals surface area contributed by atoms with Crippen molar-refractivity contribution in [1.29, 1.82) is 0 Å². The van der Waals surface area contributed by atoms with Gasteiger partial charge in [0.15, 0.2) is 0 Å². The Balaban J connectivity index is 2.36. The number of nitrogens with one attached hydrogen (secondary N) is 2. The van der Waals surface area contributed by atoms with Crippen LogP contribution in [-0.4, -0.2) is 20.6 Å². The molecule has 96 valence electrons. The SMILES string of the molecule is CNc1ccccc1S(=O)(=O)Nc1cc(C)no1. The topological polar surface area (TPSA) is 84.2 Å². The Kier molecular flexibility index (Phi) is 3.24. The molecule has 0 radical (unpaired) electrons. The van der Waals surface area contributed by atoms with Crippen LogP contribution in [-0.2, 0) is 10.0 Å². The molecule has 1 aromatic carbocycles. The standard InChI is InChI=1S/C11H13N3O3S/c1-8-7-11(17-13-8)14-18(15,16)10-6-4-3-5-9(10)12-2/h3-7,12,14H,1-2H3. The molecule has 1 heterocycles. The maximum atomic E-state index is 12.2. The Bertz CT molecular complexity index is 649. The van der Waals surface area contributed by atoms with Gasteiger partial charge in [-0.3, -0.25) is 0 Å². The molecule has 0 unspecified atom stereocenters. The minimum atomic E-state index is -3.69. The van der Waals surface area contributed by atoms with Crippen LogP contribution in [0.3, 0.4) is 0 Å². The van der Waals surface area contributed by atoms with E-state index in [1.807, 2.05) is 0 Å². The van der Waals surface area contributed by atoms with E-state index < -0.39 is 10.0 Å². The molecular formula is C11H13N3O3S. The molecule has 2 rings (SSSR count). The summed E-state index contributed by atoms with van der Waals surface area (Å²) in [6.07, 6.45) is 0. The highest BCUT2D eigenvalue weighted by atomic mass is 32.2. The van der Waals surface area contributed by atoms with Gasteiger partial charge in [0, 0.05) is 13.1 Å². The number of aryl methyl sites for hydroxylation is 1. The van der Waals surface area contributed by atoms with Gasteiger partial charge in [-0.25, -0.2) is 13.1 Å². The van der Waals surface area contributed by atoms with Gasteiger partial charge in [0.2, 0.25) is 5.88 Å². The van der Waals surface area contributed by atoms with Crippen molar-refractivity contribution in [1.82, 2.24) is 5.16 Å². The van der Waals surface area contributed by atoms with Crippen molar-refractivity contribution in [2.45, 2.75) is 11.8 Å². The van der Waals surface area contributed by atoms with Gasteiger partial charge in [0.25, 0.3) is 10.0 Å². The summed E-state index contributed by atoms with van der Waals surface area (Å²) in [5.41, 5.74) is 1.12. The zero-order chi connectivity index (χ0) is 13.2. The number of sulfonamides is 1. The molecular weight excluding hydrogens is 254 g/mol. The van der Waals surface area contributed by atoms with Crippen LogP contribution in [0.5, 0.6) is 0 Å². The van der Waals surface area contributed by atoms with Crippen LogP contribution in [0.2, 0.25) is 0 Å². The molecule has 0 bridgehead atoms. The monoisotopic (exact) mass is 267 g/mol. The van der Waals surface area contributed by atoms with E-state index in [-0.39, 0.29) is 10.8 Å². The van der Waals surface area contributed by atoms with Gasteiger partial charge in [-0.15, -0.1) is 0 Å². The zero-order valence-electron chi connectivity index (χ0n) is 9.97. The molecule has 2 aromatic rings. The summed E-state index contributed by atoms with van der Waals surface area (Å²) in [7, 11) is -2.03. The molecule has 0 atom stereocenters. The van der Waals surface area contributed by atoms with Gasteiger partial charge < -0.3 is 9.84 Å². The van der Waals surface area contributed by atoms with Gasteiger partial charge in [0.1, 0.15) is 4.90 Å². The maximum Gasteiger partial charge on any atom is 0.266 e. The lowest BCUT2D eigenvalue weighted by atomic mass is 10.3. The van der Waals surface area contributed by atoms with Crippen molar-refractivity contribution in [3.05, 3.63) is 36.0 Å². The van der Waals surface area contributed by atoms with Crippen LogP contribution in [0, 0.1) is 6.92 Å². The van der Waals surface area contributed by atoms with Crippen LogP contribution in [0.25, 0.3) is 0 Å². The fourth-order valence-corrected chi connectivity index (χ4v) is 2.69. The Morgan fingerprint density at radius 2 is 2.00 bits per heavy atom. The number of hydrogen-bond donors (Lipinski definition) is 2. The van der Waals surface area contributed by atoms with E-state index in [4.69, 9.17) is 4.52 Å². The Morgan fingerprint density at radius 1 is 1.28 bits per heavy atom. The van der Waals surface area contributed by atoms with Gasteiger partial charge >= 0.3 is 0 Å². The summed E-state index contributed by atoms with van der Waals surface area (Å²) in [6, 6.07) is 8.11. The van der Waals surface area contributed by atoms with E-state index in [1.54, 1.807) is 32.2 Å². The number of anilines is 2. The molecule has 0 aliphatic rings. The summed E-state index contributed by atoms with van der Waals surface area (Å²) in [6.45, 7) is 1.71. The predicted octanol–water partition coefficient (Wildman–Crippen LogP) is 1.83. The first kappa shape index (κ1) is 12.4. The van der Waals surface area contributed by atoms with Crippen LogP contribution in [0.4, 0.5) is 11.6 Å². The first-order valence-electron chi connectivity index (χ1n) is 5.26. The number of nitrogens with zero attached hydrogens (tertiary/aromatic N) is 1. The summed E-state index contributed by atoms with van der Waals surface area (Å²) in [4.78, 5) is 0.154. The maximum absolute atomic E-state index is 12.2. The molecule has 1 aromatic heterocycles. The Hall–Kier alpha value is -2.02. The smallest absolute Gasteiger partial charge is 0.266 e. The average Bonchev–Trinajstić information content (AvgIpc) is 2.74. The molecule has 6 nitrogen and oxygen atoms in total. The van der Waals surface area contributed by atoms with Crippen LogP contribution < -0.4 is 10.0 Å². The highest BCUT2D eigenvalue weighted by molar-refractivity contribution is 7.92. The first-order valence-corrected chi connectivity index (χ1v) is 6.74. The van der Waals surface area contributed by atoms with Gasteiger partial charge in [-0.05, 0) is 19.1 Å². The second-order valence-electron chi connectivity index (χ2n) is 3.68. The van der Waals surface area contributed by atoms with Crippen molar-refractivity contribution < 1.29 is 12.9 Å². The first-order chi connectivity index (χ1) is 8.53. The molecule has 0 fully saturated rings. The van der Waals surface area contributed by atoms with E-state index in [0.29, 0.717) is 11.4 Å². The lowest BCUT2D eigenvalue weighted by Gasteiger charge is -2.09. The van der Waals surface area contributed by atoms with E-state index in [0.717, 1.165) is 0 Å². The molecule has 2 N–H and O–H groups in total. The van der Waals surface area contributed by atoms with Crippen LogP contribution in [0.15, 0.2) is 39.8 Å². The minimum Gasteiger partial charge on any atom is -0.387 e. The van der Waals surface area contributed by atoms with Gasteiger partial charge in [-0.2, -0.15) is 0 Å². The van der Waals surface area contributed by atoms with Crippen LogP contribution >= 0.6 is 0 Å². The molecule has 0 aliphatic heterocycles. The fraction of sp³-hybridized carbons (Fsp3) is 0.182. The molecule has 18 heavy (non-hydrogen) atoms. The van der Waals surface area contributed by atoms with E-state index >= 15 is 0 Å². The number of rotatable bonds is 4. The second kappa shape index (κ2) is 4.69. The van der Waals surface area contributed by atoms with Gasteiger partial charge in [0.05, 0.1) is 11.4 Å². The molecule has 0 amide bonds. The third-order valence-corrected chi connectivity index (χ3v) is 3.71. The van der Waals surface area contributed by atoms with Crippen molar-refractivity contribution in [2.24, 2.45) is 0 Å². The number of hydrogen-bond acceptors (Lipinski definition) is 5. The summed E-state index contributed by atoms with van der Waals surface area (Å²) >= 11 is 0. The number of aromatic nitrogens is 1. The minimum absolute atomic E-state index is 0.0957. The van der Waals surface area contributed by atoms with E-state index in [2.05, 4.69) is 15.2 Å². The van der Waals surface area contributed by atoms with Crippen molar-refractivity contribution >= 4 is 21.6 Å².